The van der Waals surface area contributed by atoms with Gasteiger partial charge in [0.05, 0.1) is 11.4 Å². The zero-order valence-electron chi connectivity index (χ0n) is 15.0. The number of nitrogens with one attached hydrogen (secondary N) is 2. The molecule has 0 bridgehead atoms. The van der Waals surface area contributed by atoms with Crippen molar-refractivity contribution in [3.05, 3.63) is 60.4 Å². The summed E-state index contributed by atoms with van der Waals surface area (Å²) in [4.78, 5) is 23.4. The number of nitrogens with zero attached hydrogens (tertiary/aromatic N) is 3. The zero-order valence-corrected chi connectivity index (χ0v) is 15.8. The molecule has 0 aliphatic rings. The molecule has 2 N–H and O–H groups in total. The SMILES string of the molecule is CC(=O)Nc1cccc(NC(=O)CSc2nncn2-c2ccccc2C)c1. The second-order valence-electron chi connectivity index (χ2n) is 5.87. The van der Waals surface area contributed by atoms with Crippen LogP contribution in [0.1, 0.15) is 12.5 Å². The molecule has 2 amide bonds. The maximum Gasteiger partial charge on any atom is 0.234 e. The van der Waals surface area contributed by atoms with Crippen LogP contribution in [0.4, 0.5) is 11.4 Å². The summed E-state index contributed by atoms with van der Waals surface area (Å²) >= 11 is 1.31. The van der Waals surface area contributed by atoms with Gasteiger partial charge in [0.15, 0.2) is 5.16 Å². The first kappa shape index (κ1) is 18.7. The van der Waals surface area contributed by atoms with E-state index in [1.54, 1.807) is 30.6 Å². The topological polar surface area (TPSA) is 88.9 Å². The Morgan fingerprint density at radius 3 is 2.56 bits per heavy atom. The van der Waals surface area contributed by atoms with E-state index in [0.29, 0.717) is 16.5 Å². The lowest BCUT2D eigenvalue weighted by atomic mass is 10.2. The largest absolute Gasteiger partial charge is 0.326 e. The summed E-state index contributed by atoms with van der Waals surface area (Å²) < 4.78 is 1.87. The molecule has 3 rings (SSSR count). The van der Waals surface area contributed by atoms with E-state index in [9.17, 15) is 9.59 Å². The van der Waals surface area contributed by atoms with E-state index >= 15 is 0 Å². The number of aryl methyl sites for hydroxylation is 1. The molecule has 27 heavy (non-hydrogen) atoms. The molecule has 0 unspecified atom stereocenters. The average molecular weight is 381 g/mol. The van der Waals surface area contributed by atoms with Gasteiger partial charge in [-0.15, -0.1) is 10.2 Å². The van der Waals surface area contributed by atoms with E-state index in [-0.39, 0.29) is 17.6 Å². The monoisotopic (exact) mass is 381 g/mol. The first-order valence-corrected chi connectivity index (χ1v) is 9.28. The van der Waals surface area contributed by atoms with E-state index in [2.05, 4.69) is 20.8 Å². The third-order valence-electron chi connectivity index (χ3n) is 3.69. The lowest BCUT2D eigenvalue weighted by Crippen LogP contribution is -2.15. The number of para-hydroxylation sites is 1. The van der Waals surface area contributed by atoms with Crippen LogP contribution in [0.5, 0.6) is 0 Å². The highest BCUT2D eigenvalue weighted by atomic mass is 32.2. The highest BCUT2D eigenvalue weighted by molar-refractivity contribution is 7.99. The fraction of sp³-hybridized carbons (Fsp3) is 0.158. The summed E-state index contributed by atoms with van der Waals surface area (Å²) in [5.41, 5.74) is 3.33. The molecule has 1 aromatic heterocycles. The van der Waals surface area contributed by atoms with Crippen molar-refractivity contribution in [1.29, 1.82) is 0 Å². The van der Waals surface area contributed by atoms with Crippen molar-refractivity contribution < 1.29 is 9.59 Å². The van der Waals surface area contributed by atoms with Crippen LogP contribution in [0.25, 0.3) is 5.69 Å². The van der Waals surface area contributed by atoms with Crippen LogP contribution in [0, 0.1) is 6.92 Å². The van der Waals surface area contributed by atoms with Crippen LogP contribution < -0.4 is 10.6 Å². The van der Waals surface area contributed by atoms with Gasteiger partial charge < -0.3 is 10.6 Å². The number of hydrogen-bond donors (Lipinski definition) is 2. The minimum absolute atomic E-state index is 0.162. The summed E-state index contributed by atoms with van der Waals surface area (Å²) in [6, 6.07) is 14.9. The van der Waals surface area contributed by atoms with Crippen LogP contribution in [-0.4, -0.2) is 32.3 Å². The van der Waals surface area contributed by atoms with E-state index in [4.69, 9.17) is 0 Å². The molecule has 7 nitrogen and oxygen atoms in total. The van der Waals surface area contributed by atoms with Crippen molar-refractivity contribution >= 4 is 35.0 Å². The Bertz CT molecular complexity index is 970. The number of aromatic nitrogens is 3. The van der Waals surface area contributed by atoms with Crippen molar-refractivity contribution in [3.63, 3.8) is 0 Å². The summed E-state index contributed by atoms with van der Waals surface area (Å²) in [5, 5.41) is 14.2. The zero-order chi connectivity index (χ0) is 19.2. The van der Waals surface area contributed by atoms with Gasteiger partial charge in [-0.1, -0.05) is 36.0 Å². The third kappa shape index (κ3) is 4.95. The van der Waals surface area contributed by atoms with Crippen LogP contribution >= 0.6 is 11.8 Å². The van der Waals surface area contributed by atoms with Crippen LogP contribution in [-0.2, 0) is 9.59 Å². The molecular weight excluding hydrogens is 362 g/mol. The molecule has 0 aliphatic heterocycles. The molecule has 3 aromatic rings. The molecule has 0 spiro atoms. The molecule has 0 radical (unpaired) electrons. The van der Waals surface area contributed by atoms with Gasteiger partial charge in [-0.2, -0.15) is 0 Å². The Balaban J connectivity index is 1.63. The number of anilines is 2. The first-order chi connectivity index (χ1) is 13.0. The highest BCUT2D eigenvalue weighted by Gasteiger charge is 2.12. The molecule has 0 saturated heterocycles. The molecule has 0 saturated carbocycles. The minimum atomic E-state index is -0.167. The predicted octanol–water partition coefficient (Wildman–Crippen LogP) is 3.26. The molecular formula is C19H19N5O2S. The van der Waals surface area contributed by atoms with Gasteiger partial charge in [0, 0.05) is 18.3 Å². The second-order valence-corrected chi connectivity index (χ2v) is 6.81. The predicted molar refractivity (Wildman–Crippen MR) is 106 cm³/mol. The fourth-order valence-electron chi connectivity index (χ4n) is 2.53. The van der Waals surface area contributed by atoms with Gasteiger partial charge >= 0.3 is 0 Å². The number of hydrogen-bond acceptors (Lipinski definition) is 5. The maximum absolute atomic E-state index is 12.3. The summed E-state index contributed by atoms with van der Waals surface area (Å²) in [6.45, 7) is 3.45. The molecule has 0 atom stereocenters. The van der Waals surface area contributed by atoms with E-state index < -0.39 is 0 Å². The maximum atomic E-state index is 12.3. The third-order valence-corrected chi connectivity index (χ3v) is 4.63. The molecule has 2 aromatic carbocycles. The van der Waals surface area contributed by atoms with Crippen molar-refractivity contribution in [2.75, 3.05) is 16.4 Å². The molecule has 8 heteroatoms. The molecule has 0 fully saturated rings. The smallest absolute Gasteiger partial charge is 0.234 e. The lowest BCUT2D eigenvalue weighted by molar-refractivity contribution is -0.114. The molecule has 1 heterocycles. The molecule has 0 aliphatic carbocycles. The number of benzene rings is 2. The van der Waals surface area contributed by atoms with Crippen molar-refractivity contribution in [3.8, 4) is 5.69 Å². The Labute approximate surface area is 161 Å². The Hall–Kier alpha value is -3.13. The molecule has 138 valence electrons. The van der Waals surface area contributed by atoms with Crippen LogP contribution in [0.3, 0.4) is 0 Å². The average Bonchev–Trinajstić information content (AvgIpc) is 3.08. The number of rotatable bonds is 6. The van der Waals surface area contributed by atoms with Gasteiger partial charge in [0.2, 0.25) is 11.8 Å². The minimum Gasteiger partial charge on any atom is -0.326 e. The van der Waals surface area contributed by atoms with Gasteiger partial charge in [-0.05, 0) is 36.8 Å². The normalized spacial score (nSPS) is 10.4. The number of carbonyl (C=O) groups is 2. The Morgan fingerprint density at radius 1 is 1.07 bits per heavy atom. The van der Waals surface area contributed by atoms with Gasteiger partial charge in [-0.25, -0.2) is 0 Å². The van der Waals surface area contributed by atoms with Crippen molar-refractivity contribution in [2.24, 2.45) is 0 Å². The Kier molecular flexibility index (Phi) is 5.87. The van der Waals surface area contributed by atoms with E-state index in [0.717, 1.165) is 11.3 Å². The van der Waals surface area contributed by atoms with Gasteiger partial charge in [0.25, 0.3) is 0 Å². The standard InChI is InChI=1S/C19H19N5O2S/c1-13-6-3-4-9-17(13)24-12-20-23-19(24)27-11-18(26)22-16-8-5-7-15(10-16)21-14(2)25/h3-10,12H,11H2,1-2H3,(H,21,25)(H,22,26). The van der Waals surface area contributed by atoms with Gasteiger partial charge in [-0.3, -0.25) is 14.2 Å². The quantitative estimate of drug-likeness (QED) is 0.640. The first-order valence-electron chi connectivity index (χ1n) is 8.29. The van der Waals surface area contributed by atoms with E-state index in [1.807, 2.05) is 35.8 Å². The Morgan fingerprint density at radius 2 is 1.81 bits per heavy atom. The fourth-order valence-corrected chi connectivity index (χ4v) is 3.25. The van der Waals surface area contributed by atoms with Gasteiger partial charge in [0.1, 0.15) is 6.33 Å². The number of amides is 2. The van der Waals surface area contributed by atoms with E-state index in [1.165, 1.54) is 18.7 Å². The highest BCUT2D eigenvalue weighted by Crippen LogP contribution is 2.22. The number of carbonyl (C=O) groups excluding carboxylic acids is 2. The summed E-state index contributed by atoms with van der Waals surface area (Å²) in [5.74, 6) is -0.140. The van der Waals surface area contributed by atoms with Crippen LogP contribution in [0.15, 0.2) is 60.0 Å². The van der Waals surface area contributed by atoms with Crippen molar-refractivity contribution in [1.82, 2.24) is 14.8 Å². The summed E-state index contributed by atoms with van der Waals surface area (Å²) in [7, 11) is 0. The lowest BCUT2D eigenvalue weighted by Gasteiger charge is -2.10. The summed E-state index contributed by atoms with van der Waals surface area (Å²) in [6.07, 6.45) is 1.64. The van der Waals surface area contributed by atoms with Crippen molar-refractivity contribution in [2.45, 2.75) is 19.0 Å². The van der Waals surface area contributed by atoms with Crippen LogP contribution in [0.2, 0.25) is 0 Å². The second kappa shape index (κ2) is 8.50. The number of thioether (sulfide) groups is 1.